The molecule has 1 aliphatic heterocycles. The molecule has 1 fully saturated rings. The van der Waals surface area contributed by atoms with Crippen LogP contribution in [0.25, 0.3) is 0 Å². The Morgan fingerprint density at radius 1 is 1.50 bits per heavy atom. The van der Waals surface area contributed by atoms with Gasteiger partial charge in [0.05, 0.1) is 0 Å². The molecule has 5 heteroatoms. The van der Waals surface area contributed by atoms with E-state index in [1.165, 1.54) is 0 Å². The normalized spacial score (nSPS) is 24.3. The molecule has 0 aromatic rings. The molecule has 0 spiro atoms. The lowest BCUT2D eigenvalue weighted by molar-refractivity contribution is -0.120. The van der Waals surface area contributed by atoms with Crippen molar-refractivity contribution in [3.63, 3.8) is 0 Å². The van der Waals surface area contributed by atoms with Gasteiger partial charge in [-0.05, 0) is 6.42 Å². The maximum absolute atomic E-state index is 10.8. The second-order valence-corrected chi connectivity index (χ2v) is 3.07. The fourth-order valence-corrected chi connectivity index (χ4v) is 1.39. The number of carbonyl (C=O) groups excluding carboxylic acids is 2. The summed E-state index contributed by atoms with van der Waals surface area (Å²) in [7, 11) is 0. The first-order valence-electron chi connectivity index (χ1n) is 2.91. The minimum absolute atomic E-state index is 0.207. The summed E-state index contributed by atoms with van der Waals surface area (Å²) in [5.74, 6) is -0.207. The Kier molecular flexibility index (Phi) is 2.47. The maximum Gasteiger partial charge on any atom is 0.322 e. The number of alkyl halides is 1. The summed E-state index contributed by atoms with van der Waals surface area (Å²) in [6.45, 7) is 0. The second-order valence-electron chi connectivity index (χ2n) is 1.99. The first-order chi connectivity index (χ1) is 4.74. The van der Waals surface area contributed by atoms with Gasteiger partial charge in [-0.2, -0.15) is 0 Å². The monoisotopic (exact) mass is 254 g/mol. The molecular formula is C5H7IN2O2. The van der Waals surface area contributed by atoms with E-state index in [-0.39, 0.29) is 18.0 Å². The average Bonchev–Trinajstić information content (AvgIpc) is 2.13. The van der Waals surface area contributed by atoms with E-state index in [1.54, 1.807) is 0 Å². The Balaban J connectivity index is 2.46. The third-order valence-electron chi connectivity index (χ3n) is 1.26. The highest BCUT2D eigenvalue weighted by Gasteiger charge is 2.28. The Bertz CT molecular complexity index is 171. The molecule has 1 rings (SSSR count). The Morgan fingerprint density at radius 3 is 2.60 bits per heavy atom. The van der Waals surface area contributed by atoms with Crippen LogP contribution in [0.1, 0.15) is 6.42 Å². The van der Waals surface area contributed by atoms with E-state index >= 15 is 0 Å². The SMILES string of the molecule is O=C1NC(=O)[C@@H](CCI)N1. The van der Waals surface area contributed by atoms with Crippen molar-refractivity contribution in [2.24, 2.45) is 0 Å². The molecule has 1 saturated heterocycles. The van der Waals surface area contributed by atoms with Crippen molar-refractivity contribution in [3.05, 3.63) is 0 Å². The number of carbonyl (C=O) groups is 2. The topological polar surface area (TPSA) is 58.2 Å². The zero-order valence-corrected chi connectivity index (χ0v) is 7.34. The van der Waals surface area contributed by atoms with Gasteiger partial charge in [0, 0.05) is 4.43 Å². The lowest BCUT2D eigenvalue weighted by Crippen LogP contribution is -2.28. The first kappa shape index (κ1) is 7.77. The summed E-state index contributed by atoms with van der Waals surface area (Å²) in [5.41, 5.74) is 0. The van der Waals surface area contributed by atoms with E-state index in [2.05, 4.69) is 33.2 Å². The lowest BCUT2D eigenvalue weighted by atomic mass is 10.2. The van der Waals surface area contributed by atoms with Crippen LogP contribution in [0.15, 0.2) is 0 Å². The smallest absolute Gasteiger partial charge is 0.322 e. The van der Waals surface area contributed by atoms with Gasteiger partial charge < -0.3 is 5.32 Å². The van der Waals surface area contributed by atoms with E-state index in [4.69, 9.17) is 0 Å². The molecule has 0 aromatic heterocycles. The van der Waals surface area contributed by atoms with E-state index < -0.39 is 0 Å². The highest BCUT2D eigenvalue weighted by molar-refractivity contribution is 14.1. The van der Waals surface area contributed by atoms with Crippen molar-refractivity contribution in [1.82, 2.24) is 10.6 Å². The second kappa shape index (κ2) is 3.18. The zero-order chi connectivity index (χ0) is 7.56. The van der Waals surface area contributed by atoms with Crippen molar-refractivity contribution in [3.8, 4) is 0 Å². The molecule has 0 radical (unpaired) electrons. The maximum atomic E-state index is 10.8. The molecule has 4 nitrogen and oxygen atoms in total. The van der Waals surface area contributed by atoms with Gasteiger partial charge in [0.2, 0.25) is 0 Å². The summed E-state index contributed by atoms with van der Waals surface area (Å²) >= 11 is 2.16. The molecule has 0 saturated carbocycles. The van der Waals surface area contributed by atoms with Gasteiger partial charge in [0.15, 0.2) is 0 Å². The van der Waals surface area contributed by atoms with Crippen molar-refractivity contribution in [2.45, 2.75) is 12.5 Å². The van der Waals surface area contributed by atoms with Gasteiger partial charge in [-0.15, -0.1) is 0 Å². The molecule has 56 valence electrons. The van der Waals surface area contributed by atoms with Gasteiger partial charge in [0.1, 0.15) is 6.04 Å². The van der Waals surface area contributed by atoms with Crippen LogP contribution >= 0.6 is 22.6 Å². The summed E-state index contributed by atoms with van der Waals surface area (Å²) in [5, 5.41) is 4.66. The fourth-order valence-electron chi connectivity index (χ4n) is 0.771. The number of hydrogen-bond donors (Lipinski definition) is 2. The van der Waals surface area contributed by atoms with Crippen LogP contribution in [0.3, 0.4) is 0 Å². The highest BCUT2D eigenvalue weighted by Crippen LogP contribution is 2.00. The van der Waals surface area contributed by atoms with Crippen molar-refractivity contribution in [2.75, 3.05) is 4.43 Å². The fraction of sp³-hybridized carbons (Fsp3) is 0.600. The van der Waals surface area contributed by atoms with Crippen LogP contribution in [0.5, 0.6) is 0 Å². The van der Waals surface area contributed by atoms with Gasteiger partial charge >= 0.3 is 6.03 Å². The largest absolute Gasteiger partial charge is 0.326 e. The Morgan fingerprint density at radius 2 is 2.20 bits per heavy atom. The van der Waals surface area contributed by atoms with Crippen molar-refractivity contribution >= 4 is 34.5 Å². The van der Waals surface area contributed by atoms with Crippen LogP contribution in [0.4, 0.5) is 4.79 Å². The molecule has 1 atom stereocenters. The number of imide groups is 1. The van der Waals surface area contributed by atoms with E-state index in [0.717, 1.165) is 4.43 Å². The molecular weight excluding hydrogens is 247 g/mol. The quantitative estimate of drug-likeness (QED) is 0.414. The zero-order valence-electron chi connectivity index (χ0n) is 5.19. The van der Waals surface area contributed by atoms with Crippen LogP contribution in [0, 0.1) is 0 Å². The minimum Gasteiger partial charge on any atom is -0.326 e. The van der Waals surface area contributed by atoms with Crippen molar-refractivity contribution in [1.29, 1.82) is 0 Å². The minimum atomic E-state index is -0.375. The third-order valence-corrected chi connectivity index (χ3v) is 1.88. The molecule has 0 unspecified atom stereocenters. The standard InChI is InChI=1S/C5H7IN2O2/c6-2-1-3-4(9)8-5(10)7-3/h3H,1-2H2,(H2,7,8,9,10)/t3-/m1/s1. The van der Waals surface area contributed by atoms with Crippen LogP contribution in [0.2, 0.25) is 0 Å². The number of amides is 3. The Labute approximate surface area is 71.9 Å². The highest BCUT2D eigenvalue weighted by atomic mass is 127. The first-order valence-corrected chi connectivity index (χ1v) is 4.44. The van der Waals surface area contributed by atoms with E-state index in [9.17, 15) is 9.59 Å². The molecule has 0 bridgehead atoms. The van der Waals surface area contributed by atoms with Gasteiger partial charge in [0.25, 0.3) is 5.91 Å². The lowest BCUT2D eigenvalue weighted by Gasteiger charge is -2.01. The number of nitrogens with one attached hydrogen (secondary N) is 2. The predicted octanol–water partition coefficient (Wildman–Crippen LogP) is 0.0195. The molecule has 1 heterocycles. The molecule has 3 amide bonds. The van der Waals surface area contributed by atoms with Gasteiger partial charge in [-0.3, -0.25) is 10.1 Å². The summed E-state index contributed by atoms with van der Waals surface area (Å²) in [4.78, 5) is 21.3. The third kappa shape index (κ3) is 1.59. The average molecular weight is 254 g/mol. The van der Waals surface area contributed by atoms with Crippen LogP contribution < -0.4 is 10.6 Å². The molecule has 10 heavy (non-hydrogen) atoms. The van der Waals surface area contributed by atoms with Gasteiger partial charge in [-0.1, -0.05) is 22.6 Å². The molecule has 0 aromatic carbocycles. The number of urea groups is 1. The number of rotatable bonds is 2. The number of hydrogen-bond acceptors (Lipinski definition) is 2. The molecule has 1 aliphatic rings. The molecule has 0 aliphatic carbocycles. The van der Waals surface area contributed by atoms with E-state index in [1.807, 2.05) is 0 Å². The summed E-state index contributed by atoms with van der Waals surface area (Å²) in [6, 6.07) is -0.677. The van der Waals surface area contributed by atoms with E-state index in [0.29, 0.717) is 6.42 Å². The van der Waals surface area contributed by atoms with Crippen molar-refractivity contribution < 1.29 is 9.59 Å². The summed E-state index contributed by atoms with van der Waals surface area (Å²) < 4.78 is 0.871. The number of halogens is 1. The Hall–Kier alpha value is -0.330. The van der Waals surface area contributed by atoms with Crippen LogP contribution in [-0.2, 0) is 4.79 Å². The predicted molar refractivity (Wildman–Crippen MR) is 44.0 cm³/mol. The molecule has 2 N–H and O–H groups in total. The van der Waals surface area contributed by atoms with Gasteiger partial charge in [-0.25, -0.2) is 4.79 Å². The summed E-state index contributed by atoms with van der Waals surface area (Å²) in [6.07, 6.45) is 0.706. The van der Waals surface area contributed by atoms with Crippen LogP contribution in [-0.4, -0.2) is 22.4 Å².